The van der Waals surface area contributed by atoms with Crippen molar-refractivity contribution in [2.45, 2.75) is 30.7 Å². The van der Waals surface area contributed by atoms with Crippen LogP contribution in [0.4, 0.5) is 32.2 Å². The summed E-state index contributed by atoms with van der Waals surface area (Å²) >= 11 is 0. The van der Waals surface area contributed by atoms with Crippen LogP contribution >= 0.6 is 0 Å². The Morgan fingerprint density at radius 1 is 0.973 bits per heavy atom. The summed E-state index contributed by atoms with van der Waals surface area (Å²) in [5.41, 5.74) is -3.96. The number of nitrogens with one attached hydrogen (secondary N) is 1. The summed E-state index contributed by atoms with van der Waals surface area (Å²) in [7, 11) is 0. The van der Waals surface area contributed by atoms with Gasteiger partial charge in [0.15, 0.2) is 11.5 Å². The Balaban J connectivity index is 1.48. The SMILES string of the molecule is O=C(O)c1cc(F)cc(-c2nc(NC(=O)C3(c4ccc5c(c4)OC(F)(F)O5)CC3)ccc2C(F)(F)F)c1. The van der Waals surface area contributed by atoms with Gasteiger partial charge < -0.3 is 19.9 Å². The maximum atomic E-state index is 14.0. The van der Waals surface area contributed by atoms with Crippen LogP contribution in [0.3, 0.4) is 0 Å². The molecule has 1 amide bonds. The summed E-state index contributed by atoms with van der Waals surface area (Å²) in [6.45, 7) is 0. The number of carboxylic acids is 1. The van der Waals surface area contributed by atoms with Crippen molar-refractivity contribution in [2.75, 3.05) is 5.32 Å². The molecule has 192 valence electrons. The molecular weight excluding hydrogens is 510 g/mol. The Hall–Kier alpha value is -4.29. The van der Waals surface area contributed by atoms with E-state index in [2.05, 4.69) is 19.8 Å². The van der Waals surface area contributed by atoms with Crippen LogP contribution in [-0.2, 0) is 16.4 Å². The van der Waals surface area contributed by atoms with Crippen molar-refractivity contribution in [1.29, 1.82) is 0 Å². The van der Waals surface area contributed by atoms with Gasteiger partial charge in [-0.25, -0.2) is 14.2 Å². The maximum Gasteiger partial charge on any atom is 0.586 e. The molecule has 2 heterocycles. The van der Waals surface area contributed by atoms with Crippen LogP contribution in [0.25, 0.3) is 11.3 Å². The van der Waals surface area contributed by atoms with Gasteiger partial charge in [0.2, 0.25) is 5.91 Å². The Labute approximate surface area is 203 Å². The second-order valence-electron chi connectivity index (χ2n) is 8.49. The van der Waals surface area contributed by atoms with E-state index in [4.69, 9.17) is 5.11 Å². The molecule has 1 fully saturated rings. The highest BCUT2D eigenvalue weighted by Gasteiger charge is 2.53. The van der Waals surface area contributed by atoms with Crippen LogP contribution in [0.1, 0.15) is 34.3 Å². The number of carboxylic acid groups (broad SMARTS) is 1. The van der Waals surface area contributed by atoms with Crippen molar-refractivity contribution in [2.24, 2.45) is 0 Å². The first-order chi connectivity index (χ1) is 17.3. The van der Waals surface area contributed by atoms with Crippen molar-refractivity contribution >= 4 is 17.7 Å². The molecule has 2 aromatic carbocycles. The first kappa shape index (κ1) is 24.4. The number of hydrogen-bond donors (Lipinski definition) is 2. The molecule has 0 bridgehead atoms. The average Bonchev–Trinajstić information content (AvgIpc) is 3.55. The Kier molecular flexibility index (Phi) is 5.35. The third-order valence-electron chi connectivity index (χ3n) is 6.00. The quantitative estimate of drug-likeness (QED) is 0.422. The standard InChI is InChI=1S/C24H14F6N2O5/c25-14-8-11(7-12(9-14)20(33)34)19-15(23(26,27)28)2-4-18(31-19)32-21(35)22(5-6-22)13-1-3-16-17(10-13)37-24(29,30)36-16/h1-4,7-10H,5-6H2,(H,33,34)(H,31,32,35). The van der Waals surface area contributed by atoms with E-state index in [0.29, 0.717) is 36.6 Å². The number of rotatable bonds is 5. The molecule has 0 saturated heterocycles. The van der Waals surface area contributed by atoms with Crippen LogP contribution in [0.5, 0.6) is 11.5 Å². The normalized spacial score (nSPS) is 16.8. The molecule has 3 aromatic rings. The van der Waals surface area contributed by atoms with E-state index in [-0.39, 0.29) is 17.3 Å². The van der Waals surface area contributed by atoms with Gasteiger partial charge in [0.1, 0.15) is 11.6 Å². The third kappa shape index (κ3) is 4.52. The average molecular weight is 524 g/mol. The van der Waals surface area contributed by atoms with Crippen LogP contribution in [-0.4, -0.2) is 28.3 Å². The first-order valence-corrected chi connectivity index (χ1v) is 10.6. The van der Waals surface area contributed by atoms with Crippen LogP contribution < -0.4 is 14.8 Å². The number of pyridine rings is 1. The van der Waals surface area contributed by atoms with Gasteiger partial charge in [0.05, 0.1) is 22.2 Å². The van der Waals surface area contributed by atoms with E-state index in [1.807, 2.05) is 0 Å². The predicted molar refractivity (Wildman–Crippen MR) is 114 cm³/mol. The predicted octanol–water partition coefficient (Wildman–Crippen LogP) is 5.60. The molecule has 7 nitrogen and oxygen atoms in total. The number of alkyl halides is 5. The van der Waals surface area contributed by atoms with Crippen LogP contribution in [0.15, 0.2) is 48.5 Å². The summed E-state index contributed by atoms with van der Waals surface area (Å²) in [6, 6.07) is 7.56. The van der Waals surface area contributed by atoms with E-state index < -0.39 is 58.0 Å². The largest absolute Gasteiger partial charge is 0.586 e. The Morgan fingerprint density at radius 2 is 1.68 bits per heavy atom. The molecule has 1 aliphatic carbocycles. The number of amides is 1. The minimum atomic E-state index is -4.92. The van der Waals surface area contributed by atoms with Gasteiger partial charge in [0.25, 0.3) is 0 Å². The number of fused-ring (bicyclic) bond motifs is 1. The van der Waals surface area contributed by atoms with E-state index in [0.717, 1.165) is 12.1 Å². The number of benzene rings is 2. The molecule has 1 aromatic heterocycles. The molecule has 37 heavy (non-hydrogen) atoms. The molecule has 2 aliphatic rings. The minimum Gasteiger partial charge on any atom is -0.478 e. The molecule has 0 spiro atoms. The van der Waals surface area contributed by atoms with Crippen LogP contribution in [0.2, 0.25) is 0 Å². The van der Waals surface area contributed by atoms with Gasteiger partial charge in [-0.1, -0.05) is 6.07 Å². The zero-order valence-corrected chi connectivity index (χ0v) is 18.3. The number of anilines is 1. The van der Waals surface area contributed by atoms with E-state index in [1.54, 1.807) is 0 Å². The Morgan fingerprint density at radius 3 is 2.32 bits per heavy atom. The molecular formula is C24H14F6N2O5. The number of carbonyl (C=O) groups excluding carboxylic acids is 1. The lowest BCUT2D eigenvalue weighted by atomic mass is 9.94. The third-order valence-corrected chi connectivity index (χ3v) is 6.00. The number of aromatic nitrogens is 1. The highest BCUT2D eigenvalue weighted by Crippen LogP contribution is 2.52. The first-order valence-electron chi connectivity index (χ1n) is 10.6. The highest BCUT2D eigenvalue weighted by molar-refractivity contribution is 6.01. The van der Waals surface area contributed by atoms with Gasteiger partial charge in [-0.05, 0) is 60.9 Å². The number of aromatic carboxylic acids is 1. The van der Waals surface area contributed by atoms with Crippen molar-refractivity contribution in [3.63, 3.8) is 0 Å². The second-order valence-corrected chi connectivity index (χ2v) is 8.49. The lowest BCUT2D eigenvalue weighted by Crippen LogP contribution is -2.28. The molecule has 0 unspecified atom stereocenters. The zero-order valence-electron chi connectivity index (χ0n) is 18.3. The number of hydrogen-bond acceptors (Lipinski definition) is 5. The summed E-state index contributed by atoms with van der Waals surface area (Å²) in [6.07, 6.45) is -8.15. The highest BCUT2D eigenvalue weighted by atomic mass is 19.4. The smallest absolute Gasteiger partial charge is 0.478 e. The van der Waals surface area contributed by atoms with Gasteiger partial charge in [0, 0.05) is 5.56 Å². The monoisotopic (exact) mass is 524 g/mol. The van der Waals surface area contributed by atoms with Gasteiger partial charge in [-0.2, -0.15) is 13.2 Å². The van der Waals surface area contributed by atoms with Gasteiger partial charge in [-0.15, -0.1) is 8.78 Å². The number of nitrogens with zero attached hydrogens (tertiary/aromatic N) is 1. The molecule has 1 aliphatic heterocycles. The van der Waals surface area contributed by atoms with E-state index in [9.17, 15) is 35.9 Å². The minimum absolute atomic E-state index is 0.213. The van der Waals surface area contributed by atoms with Gasteiger partial charge in [-0.3, -0.25) is 4.79 Å². The fraction of sp³-hybridized carbons (Fsp3) is 0.208. The summed E-state index contributed by atoms with van der Waals surface area (Å²) < 4.78 is 90.4. The fourth-order valence-corrected chi connectivity index (χ4v) is 4.08. The lowest BCUT2D eigenvalue weighted by molar-refractivity contribution is -0.286. The summed E-state index contributed by atoms with van der Waals surface area (Å²) in [4.78, 5) is 28.2. The van der Waals surface area contributed by atoms with Crippen LogP contribution in [0, 0.1) is 5.82 Å². The summed E-state index contributed by atoms with van der Waals surface area (Å²) in [5.74, 6) is -4.11. The number of ether oxygens (including phenoxy) is 2. The fourth-order valence-electron chi connectivity index (χ4n) is 4.08. The number of halogens is 6. The Bertz CT molecular complexity index is 1450. The van der Waals surface area contributed by atoms with Crippen molar-refractivity contribution < 1.29 is 50.5 Å². The lowest BCUT2D eigenvalue weighted by Gasteiger charge is -2.18. The topological polar surface area (TPSA) is 97.8 Å². The molecule has 2 N–H and O–H groups in total. The molecule has 0 atom stereocenters. The van der Waals surface area contributed by atoms with Gasteiger partial charge >= 0.3 is 18.4 Å². The molecule has 1 saturated carbocycles. The maximum absolute atomic E-state index is 14.0. The molecule has 5 rings (SSSR count). The van der Waals surface area contributed by atoms with Crippen molar-refractivity contribution in [3.05, 3.63) is 71.0 Å². The zero-order chi connectivity index (χ0) is 26.8. The number of carbonyl (C=O) groups is 2. The molecule has 0 radical (unpaired) electrons. The van der Waals surface area contributed by atoms with Crippen molar-refractivity contribution in [3.8, 4) is 22.8 Å². The van der Waals surface area contributed by atoms with E-state index in [1.165, 1.54) is 18.2 Å². The summed E-state index contributed by atoms with van der Waals surface area (Å²) in [5, 5.41) is 11.6. The van der Waals surface area contributed by atoms with Crippen molar-refractivity contribution in [1.82, 2.24) is 4.98 Å². The second kappa shape index (κ2) is 8.11. The van der Waals surface area contributed by atoms with E-state index >= 15 is 0 Å². The molecule has 13 heteroatoms.